The molecule has 0 radical (unpaired) electrons. The second-order valence-electron chi connectivity index (χ2n) is 2.93. The summed E-state index contributed by atoms with van der Waals surface area (Å²) in [5.41, 5.74) is 0.945. The van der Waals surface area contributed by atoms with Gasteiger partial charge in [0.15, 0.2) is 0 Å². The zero-order valence-electron chi connectivity index (χ0n) is 7.27. The monoisotopic (exact) mass is 176 g/mol. The summed E-state index contributed by atoms with van der Waals surface area (Å²) < 4.78 is 0. The standard InChI is InChI=1S/C9H9N3O/c1-12-9(13)8(10-11-12)7-5-3-2-4-6-7/h2-6,8H,1H3/p+1. The Kier molecular flexibility index (Phi) is 1.81. The van der Waals surface area contributed by atoms with E-state index in [4.69, 9.17) is 0 Å². The van der Waals surface area contributed by atoms with Crippen LogP contribution in [0.15, 0.2) is 35.6 Å². The van der Waals surface area contributed by atoms with Crippen LogP contribution in [-0.2, 0) is 4.79 Å². The molecule has 0 fully saturated rings. The maximum absolute atomic E-state index is 11.5. The number of benzene rings is 1. The van der Waals surface area contributed by atoms with E-state index in [-0.39, 0.29) is 11.9 Å². The minimum absolute atomic E-state index is 0.0220. The SMILES string of the molecule is CN1N=[NH+]C(c2ccccc2)C1=O. The molecule has 4 nitrogen and oxygen atoms in total. The highest BCUT2D eigenvalue weighted by Gasteiger charge is 2.35. The van der Waals surface area contributed by atoms with E-state index in [1.807, 2.05) is 30.3 Å². The smallest absolute Gasteiger partial charge is 0.239 e. The number of carbonyl (C=O) groups is 1. The molecule has 13 heavy (non-hydrogen) atoms. The highest BCUT2D eigenvalue weighted by Crippen LogP contribution is 2.12. The van der Waals surface area contributed by atoms with Gasteiger partial charge in [-0.3, -0.25) is 0 Å². The molecule has 1 atom stereocenters. The first kappa shape index (κ1) is 7.91. The van der Waals surface area contributed by atoms with Crippen molar-refractivity contribution in [3.8, 4) is 0 Å². The number of amides is 1. The van der Waals surface area contributed by atoms with Crippen molar-refractivity contribution in [3.63, 3.8) is 0 Å². The molecule has 1 unspecified atom stereocenters. The Labute approximate surface area is 75.9 Å². The van der Waals surface area contributed by atoms with Crippen molar-refractivity contribution in [1.29, 1.82) is 0 Å². The molecule has 1 heterocycles. The second-order valence-corrected chi connectivity index (χ2v) is 2.93. The van der Waals surface area contributed by atoms with Crippen molar-refractivity contribution >= 4 is 5.91 Å². The van der Waals surface area contributed by atoms with E-state index in [1.54, 1.807) is 7.05 Å². The molecule has 1 aliphatic rings. The fraction of sp³-hybridized carbons (Fsp3) is 0.222. The number of rotatable bonds is 1. The summed E-state index contributed by atoms with van der Waals surface area (Å²) in [4.78, 5) is 11.5. The lowest BCUT2D eigenvalue weighted by Crippen LogP contribution is -2.66. The van der Waals surface area contributed by atoms with Crippen LogP contribution in [-0.4, -0.2) is 18.0 Å². The molecule has 66 valence electrons. The topological polar surface area (TPSA) is 46.6 Å². The molecule has 1 N–H and O–H groups in total. The highest BCUT2D eigenvalue weighted by molar-refractivity contribution is 5.81. The van der Waals surface area contributed by atoms with E-state index in [0.717, 1.165) is 5.56 Å². The molecule has 1 aromatic rings. The van der Waals surface area contributed by atoms with Crippen molar-refractivity contribution in [2.45, 2.75) is 6.04 Å². The summed E-state index contributed by atoms with van der Waals surface area (Å²) >= 11 is 0. The average molecular weight is 176 g/mol. The zero-order chi connectivity index (χ0) is 9.26. The maximum Gasteiger partial charge on any atom is 0.380 e. The first-order valence-corrected chi connectivity index (χ1v) is 4.08. The second kappa shape index (κ2) is 2.97. The average Bonchev–Trinajstić information content (AvgIpc) is 2.49. The van der Waals surface area contributed by atoms with Crippen LogP contribution in [0, 0.1) is 0 Å². The number of nitrogens with one attached hydrogen (secondary N) is 1. The van der Waals surface area contributed by atoms with Crippen LogP contribution < -0.4 is 5.11 Å². The van der Waals surface area contributed by atoms with Crippen molar-refractivity contribution in [2.75, 3.05) is 7.05 Å². The maximum atomic E-state index is 11.5. The van der Waals surface area contributed by atoms with E-state index in [9.17, 15) is 4.79 Å². The molecular weight excluding hydrogens is 166 g/mol. The molecule has 1 aliphatic heterocycles. The van der Waals surface area contributed by atoms with Crippen LogP contribution in [0.5, 0.6) is 0 Å². The van der Waals surface area contributed by atoms with Crippen LogP contribution in [0.4, 0.5) is 0 Å². The Morgan fingerprint density at radius 1 is 1.38 bits per heavy atom. The molecule has 1 aromatic carbocycles. The Morgan fingerprint density at radius 3 is 2.62 bits per heavy atom. The van der Waals surface area contributed by atoms with Crippen molar-refractivity contribution < 1.29 is 9.91 Å². The molecule has 2 rings (SSSR count). The summed E-state index contributed by atoms with van der Waals surface area (Å²) in [7, 11) is 1.64. The molecule has 0 aliphatic carbocycles. The summed E-state index contributed by atoms with van der Waals surface area (Å²) in [6.07, 6.45) is 0. The predicted molar refractivity (Wildman–Crippen MR) is 45.3 cm³/mol. The lowest BCUT2D eigenvalue weighted by molar-refractivity contribution is -0.559. The summed E-state index contributed by atoms with van der Waals surface area (Å²) in [6.45, 7) is 0. The van der Waals surface area contributed by atoms with E-state index in [0.29, 0.717) is 0 Å². The van der Waals surface area contributed by atoms with Gasteiger partial charge in [-0.2, -0.15) is 5.11 Å². The van der Waals surface area contributed by atoms with Crippen LogP contribution >= 0.6 is 0 Å². The minimum atomic E-state index is -0.314. The molecule has 0 spiro atoms. The third-order valence-corrected chi connectivity index (χ3v) is 2.04. The predicted octanol–water partition coefficient (Wildman–Crippen LogP) is -0.353. The van der Waals surface area contributed by atoms with E-state index in [2.05, 4.69) is 10.3 Å². The largest absolute Gasteiger partial charge is 0.380 e. The van der Waals surface area contributed by atoms with Gasteiger partial charge in [0, 0.05) is 5.56 Å². The molecule has 1 amide bonds. The van der Waals surface area contributed by atoms with Crippen molar-refractivity contribution in [1.82, 2.24) is 5.01 Å². The third-order valence-electron chi connectivity index (χ3n) is 2.04. The van der Waals surface area contributed by atoms with Crippen LogP contribution in [0.25, 0.3) is 0 Å². The number of carbonyl (C=O) groups excluding carboxylic acids is 1. The summed E-state index contributed by atoms with van der Waals surface area (Å²) in [5.74, 6) is -0.0220. The third kappa shape index (κ3) is 1.30. The Balaban J connectivity index is 2.30. The van der Waals surface area contributed by atoms with Gasteiger partial charge in [-0.15, -0.1) is 5.01 Å². The number of hydrogen-bond acceptors (Lipinski definition) is 2. The fourth-order valence-electron chi connectivity index (χ4n) is 1.30. The normalized spacial score (nSPS) is 21.2. The fourth-order valence-corrected chi connectivity index (χ4v) is 1.30. The minimum Gasteiger partial charge on any atom is -0.239 e. The lowest BCUT2D eigenvalue weighted by atomic mass is 10.1. The van der Waals surface area contributed by atoms with Gasteiger partial charge in [0.25, 0.3) is 0 Å². The van der Waals surface area contributed by atoms with E-state index < -0.39 is 0 Å². The van der Waals surface area contributed by atoms with E-state index >= 15 is 0 Å². The number of nitrogens with zero attached hydrogens (tertiary/aromatic N) is 2. The molecular formula is C9H10N3O+. The zero-order valence-corrected chi connectivity index (χ0v) is 7.27. The molecule has 0 bridgehead atoms. The molecule has 0 aromatic heterocycles. The highest BCUT2D eigenvalue weighted by atomic mass is 16.2. The first-order chi connectivity index (χ1) is 6.29. The molecule has 0 saturated carbocycles. The van der Waals surface area contributed by atoms with Crippen molar-refractivity contribution in [3.05, 3.63) is 35.9 Å². The molecule has 0 saturated heterocycles. The summed E-state index contributed by atoms with van der Waals surface area (Å²) in [5, 5.41) is 7.90. The van der Waals surface area contributed by atoms with Gasteiger partial charge in [-0.05, 0) is 0 Å². The van der Waals surface area contributed by atoms with Gasteiger partial charge in [-0.25, -0.2) is 4.79 Å². The quantitative estimate of drug-likeness (QED) is 0.624. The number of hydrogen-bond donors (Lipinski definition) is 1. The van der Waals surface area contributed by atoms with Crippen molar-refractivity contribution in [2.24, 2.45) is 5.22 Å². The Hall–Kier alpha value is -1.71. The van der Waals surface area contributed by atoms with Gasteiger partial charge in [-0.1, -0.05) is 30.3 Å². The van der Waals surface area contributed by atoms with Gasteiger partial charge in [0.2, 0.25) is 6.04 Å². The van der Waals surface area contributed by atoms with Gasteiger partial charge in [0.05, 0.1) is 5.22 Å². The lowest BCUT2D eigenvalue weighted by Gasteiger charge is -1.99. The summed E-state index contributed by atoms with van der Waals surface area (Å²) in [6, 6.07) is 9.23. The van der Waals surface area contributed by atoms with Gasteiger partial charge < -0.3 is 0 Å². The van der Waals surface area contributed by atoms with Crippen LogP contribution in [0.3, 0.4) is 0 Å². The van der Waals surface area contributed by atoms with Crippen LogP contribution in [0.2, 0.25) is 0 Å². The molecule has 4 heteroatoms. The number of likely N-dealkylation sites (N-methyl/N-ethyl adjacent to an activating group) is 1. The van der Waals surface area contributed by atoms with Gasteiger partial charge >= 0.3 is 5.91 Å². The van der Waals surface area contributed by atoms with Gasteiger partial charge in [0.1, 0.15) is 7.05 Å². The first-order valence-electron chi connectivity index (χ1n) is 4.08. The Morgan fingerprint density at radius 2 is 2.08 bits per heavy atom. The van der Waals surface area contributed by atoms with E-state index in [1.165, 1.54) is 5.01 Å². The Bertz CT molecular complexity index is 347. The van der Waals surface area contributed by atoms with Crippen LogP contribution in [0.1, 0.15) is 11.6 Å².